The Kier molecular flexibility index (Phi) is 11.8. The maximum absolute atomic E-state index is 15.2. The van der Waals surface area contributed by atoms with Crippen LogP contribution in [0.5, 0.6) is 17.2 Å². The number of fused-ring (bicyclic) bond motifs is 1. The average Bonchev–Trinajstić information content (AvgIpc) is 3.72. The second-order valence-corrected chi connectivity index (χ2v) is 16.8. The summed E-state index contributed by atoms with van der Waals surface area (Å²) in [6, 6.07) is 20.7. The Morgan fingerprint density at radius 3 is 2.09 bits per heavy atom. The molecule has 3 heterocycles. The minimum Gasteiger partial charge on any atom is -0.493 e. The summed E-state index contributed by atoms with van der Waals surface area (Å²) in [4.78, 5) is 23.4. The predicted molar refractivity (Wildman–Crippen MR) is 212 cm³/mol. The predicted octanol–water partition coefficient (Wildman–Crippen LogP) is 6.85. The molecule has 308 valence electrons. The second kappa shape index (κ2) is 16.6. The minimum atomic E-state index is -3.97. The number of imidazole rings is 1. The summed E-state index contributed by atoms with van der Waals surface area (Å²) >= 11 is 0. The van der Waals surface area contributed by atoms with Gasteiger partial charge in [0.25, 0.3) is 10.1 Å². The molecule has 0 radical (unpaired) electrons. The fourth-order valence-electron chi connectivity index (χ4n) is 8.50. The number of piperidine rings is 1. The molecule has 0 saturated carbocycles. The third-order valence-electron chi connectivity index (χ3n) is 11.4. The quantitative estimate of drug-likeness (QED) is 0.105. The Labute approximate surface area is 336 Å². The number of ether oxygens (including phenoxy) is 3. The molecule has 2 aliphatic heterocycles. The van der Waals surface area contributed by atoms with E-state index in [1.54, 1.807) is 29.2 Å². The molecule has 0 N–H and O–H groups in total. The van der Waals surface area contributed by atoms with Crippen molar-refractivity contribution >= 4 is 27.1 Å². The molecule has 0 aliphatic carbocycles. The number of carbonyl (C=O) groups excluding carboxylic acids is 1. The van der Waals surface area contributed by atoms with Crippen LogP contribution < -0.4 is 14.2 Å². The first kappa shape index (κ1) is 41.1. The fraction of sp³-hybridized carbons (Fsp3) is 0.395. The molecule has 11 nitrogen and oxygen atoms in total. The summed E-state index contributed by atoms with van der Waals surface area (Å²) in [5.74, 6) is -0.119. The molecule has 58 heavy (non-hydrogen) atoms. The van der Waals surface area contributed by atoms with Gasteiger partial charge in [-0.15, -0.1) is 0 Å². The molecule has 2 aliphatic rings. The Morgan fingerprint density at radius 1 is 0.776 bits per heavy atom. The van der Waals surface area contributed by atoms with Gasteiger partial charge in [0.05, 0.1) is 44.0 Å². The minimum absolute atomic E-state index is 0.0755. The van der Waals surface area contributed by atoms with Crippen LogP contribution in [0.3, 0.4) is 0 Å². The highest BCUT2D eigenvalue weighted by Gasteiger charge is 2.48. The van der Waals surface area contributed by atoms with Crippen LogP contribution >= 0.6 is 0 Å². The Hall–Kier alpha value is -5.12. The van der Waals surface area contributed by atoms with Gasteiger partial charge in [-0.1, -0.05) is 30.3 Å². The van der Waals surface area contributed by atoms with Crippen molar-refractivity contribution < 1.29 is 44.8 Å². The van der Waals surface area contributed by atoms with Gasteiger partial charge >= 0.3 is 0 Å². The van der Waals surface area contributed by atoms with Gasteiger partial charge in [0.15, 0.2) is 11.5 Å². The monoisotopic (exact) mass is 820 g/mol. The number of rotatable bonds is 15. The highest BCUT2D eigenvalue weighted by atomic mass is 32.2. The van der Waals surface area contributed by atoms with Gasteiger partial charge in [-0.05, 0) is 97.8 Å². The number of hydrogen-bond acceptors (Lipinski definition) is 9. The van der Waals surface area contributed by atoms with E-state index in [1.165, 1.54) is 45.6 Å². The largest absolute Gasteiger partial charge is 0.493 e. The summed E-state index contributed by atoms with van der Waals surface area (Å²) in [5, 5.41) is 0. The number of aromatic nitrogens is 2. The van der Waals surface area contributed by atoms with Crippen molar-refractivity contribution in [2.24, 2.45) is 5.41 Å². The molecule has 1 amide bonds. The van der Waals surface area contributed by atoms with E-state index in [9.17, 15) is 22.0 Å². The average molecular weight is 821 g/mol. The van der Waals surface area contributed by atoms with Crippen molar-refractivity contribution in [1.82, 2.24) is 19.4 Å². The third-order valence-corrected chi connectivity index (χ3v) is 12.1. The van der Waals surface area contributed by atoms with Crippen LogP contribution in [0.2, 0.25) is 0 Å². The van der Waals surface area contributed by atoms with E-state index >= 15 is 4.39 Å². The molecule has 2 fully saturated rings. The molecule has 5 aromatic rings. The first-order chi connectivity index (χ1) is 27.7. The number of carbonyl (C=O) groups is 1. The number of nitrogens with zero attached hydrogens (tertiary/aromatic N) is 4. The topological polar surface area (TPSA) is 112 Å². The number of hydrogen-bond donors (Lipinski definition) is 0. The summed E-state index contributed by atoms with van der Waals surface area (Å²) in [6.07, 6.45) is 2.46. The van der Waals surface area contributed by atoms with Gasteiger partial charge < -0.3 is 28.6 Å². The molecular weight excluding hydrogens is 774 g/mol. The highest BCUT2D eigenvalue weighted by molar-refractivity contribution is 7.86. The summed E-state index contributed by atoms with van der Waals surface area (Å²) in [5.41, 5.74) is 0.967. The van der Waals surface area contributed by atoms with Crippen LogP contribution in [0.25, 0.3) is 11.0 Å². The van der Waals surface area contributed by atoms with Crippen molar-refractivity contribution in [2.45, 2.75) is 50.8 Å². The van der Waals surface area contributed by atoms with E-state index in [2.05, 4.69) is 4.90 Å². The highest BCUT2D eigenvalue weighted by Crippen LogP contribution is 2.44. The molecule has 4 aromatic carbocycles. The van der Waals surface area contributed by atoms with E-state index in [1.807, 2.05) is 28.8 Å². The van der Waals surface area contributed by atoms with Crippen LogP contribution in [0.1, 0.15) is 48.2 Å². The smallest absolute Gasteiger partial charge is 0.265 e. The Balaban J connectivity index is 1.15. The number of likely N-dealkylation sites (tertiary alicyclic amines) is 2. The van der Waals surface area contributed by atoms with Crippen molar-refractivity contribution in [2.75, 3.05) is 53.8 Å². The lowest BCUT2D eigenvalue weighted by Crippen LogP contribution is -2.48. The Morgan fingerprint density at radius 2 is 1.45 bits per heavy atom. The molecule has 0 spiro atoms. The van der Waals surface area contributed by atoms with Gasteiger partial charge in [-0.3, -0.25) is 8.98 Å². The fourth-order valence-corrected chi connectivity index (χ4v) is 9.33. The normalized spacial score (nSPS) is 18.5. The first-order valence-corrected chi connectivity index (χ1v) is 20.9. The van der Waals surface area contributed by atoms with Crippen molar-refractivity contribution in [3.8, 4) is 17.2 Å². The van der Waals surface area contributed by atoms with E-state index in [0.29, 0.717) is 74.2 Å². The summed E-state index contributed by atoms with van der Waals surface area (Å²) < 4.78 is 93.4. The number of amides is 1. The zero-order chi connectivity index (χ0) is 41.2. The molecule has 15 heteroatoms. The molecule has 0 bridgehead atoms. The second-order valence-electron chi connectivity index (χ2n) is 15.2. The summed E-state index contributed by atoms with van der Waals surface area (Å²) in [6.45, 7) is 2.25. The van der Waals surface area contributed by atoms with Crippen molar-refractivity contribution in [1.29, 1.82) is 0 Å². The van der Waals surface area contributed by atoms with Gasteiger partial charge in [0.2, 0.25) is 11.7 Å². The lowest BCUT2D eigenvalue weighted by Gasteiger charge is -2.41. The van der Waals surface area contributed by atoms with Gasteiger partial charge in [0, 0.05) is 38.8 Å². The molecule has 2 saturated heterocycles. The van der Waals surface area contributed by atoms with Gasteiger partial charge in [-0.25, -0.2) is 18.2 Å². The molecule has 1 atom stereocenters. The molecule has 1 unspecified atom stereocenters. The first-order valence-electron chi connectivity index (χ1n) is 19.1. The number of methoxy groups -OCH3 is 3. The van der Waals surface area contributed by atoms with Crippen LogP contribution in [0.15, 0.2) is 78.9 Å². The molecular formula is C43H47F3N4O7S. The Bertz CT molecular complexity index is 2380. The van der Waals surface area contributed by atoms with Crippen LogP contribution in [-0.2, 0) is 44.2 Å². The molecule has 1 aromatic heterocycles. The maximum atomic E-state index is 15.2. The maximum Gasteiger partial charge on any atom is 0.265 e. The van der Waals surface area contributed by atoms with E-state index in [4.69, 9.17) is 23.4 Å². The van der Waals surface area contributed by atoms with E-state index in [0.717, 1.165) is 29.0 Å². The van der Waals surface area contributed by atoms with Gasteiger partial charge in [0.1, 0.15) is 28.9 Å². The number of benzene rings is 4. The number of para-hydroxylation sites is 2. The standard InChI is InChI=1S/C43H47F3N4O7S/c1-54-37-23-30(24-38(55-2)39(37)56-3)27-49-22-16-42(41(49)51,26-31-11-14-33(45)25-34(31)46)15-19-48-20-17-43(18-21-48,57-58(4,52)53)40-47-35-7-5-6-8-36(35)50(40)28-29-9-12-32(44)13-10-29/h5-14,23-25H,15-22,26-28H2,1-4H3. The van der Waals surface area contributed by atoms with Crippen LogP contribution in [-0.4, -0.2) is 87.4 Å². The summed E-state index contributed by atoms with van der Waals surface area (Å²) in [7, 11) is 0.589. The third kappa shape index (κ3) is 8.52. The lowest BCUT2D eigenvalue weighted by atomic mass is 9.76. The van der Waals surface area contributed by atoms with E-state index in [-0.39, 0.29) is 43.1 Å². The van der Waals surface area contributed by atoms with E-state index < -0.39 is 32.8 Å². The van der Waals surface area contributed by atoms with Crippen molar-refractivity contribution in [3.63, 3.8) is 0 Å². The van der Waals surface area contributed by atoms with Crippen LogP contribution in [0.4, 0.5) is 13.2 Å². The SMILES string of the molecule is COc1cc(CN2CCC(CCN3CCC(OS(C)(=O)=O)(c4nc5ccccc5n4Cc4ccc(F)cc4)CC3)(Cc3ccc(F)cc3F)C2=O)cc(OC)c1OC. The number of halogens is 3. The van der Waals surface area contributed by atoms with Gasteiger partial charge in [-0.2, -0.15) is 8.42 Å². The zero-order valence-corrected chi connectivity index (χ0v) is 33.8. The van der Waals surface area contributed by atoms with Crippen LogP contribution in [0, 0.1) is 22.9 Å². The van der Waals surface area contributed by atoms with Crippen molar-refractivity contribution in [3.05, 3.63) is 119 Å². The molecule has 7 rings (SSSR count). The zero-order valence-electron chi connectivity index (χ0n) is 33.0. The lowest BCUT2D eigenvalue weighted by molar-refractivity contribution is -0.137.